The monoisotopic (exact) mass is 247 g/mol. The molecule has 0 spiro atoms. The van der Waals surface area contributed by atoms with Gasteiger partial charge in [-0.2, -0.15) is 5.53 Å². The molecule has 0 radical (unpaired) electrons. The lowest BCUT2D eigenvalue weighted by Crippen LogP contribution is -2.43. The molecule has 0 aliphatic rings. The van der Waals surface area contributed by atoms with Crippen LogP contribution in [0.15, 0.2) is 0 Å². The summed E-state index contributed by atoms with van der Waals surface area (Å²) in [5, 5.41) is 2.05. The van der Waals surface area contributed by atoms with Gasteiger partial charge in [0.1, 0.15) is 0 Å². The number of hydrogen-bond donors (Lipinski definition) is 4. The Morgan fingerprint density at radius 2 is 1.29 bits per heavy atom. The molecule has 5 heteroatoms. The van der Waals surface area contributed by atoms with Crippen LogP contribution in [-0.4, -0.2) is 18.1 Å². The highest BCUT2D eigenvalue weighted by atomic mass is 15.6. The van der Waals surface area contributed by atoms with Gasteiger partial charge in [-0.05, 0) is 6.42 Å². The summed E-state index contributed by atoms with van der Waals surface area (Å²) in [5.74, 6) is 13.4. The standard InChI is InChI=1S/C12H29N3.H4N2/c1-3-5-6-7-8-9-10-11-12-15(4-2)14-13;1-2/h14H,3-13H2,1-2H3;1-2H2. The van der Waals surface area contributed by atoms with Crippen LogP contribution in [0, 0.1) is 0 Å². The molecular formula is C12H33N5. The van der Waals surface area contributed by atoms with E-state index in [0.717, 1.165) is 13.1 Å². The molecule has 0 atom stereocenters. The van der Waals surface area contributed by atoms with Gasteiger partial charge in [-0.3, -0.25) is 17.5 Å². The molecule has 0 unspecified atom stereocenters. The molecule has 7 N–H and O–H groups in total. The summed E-state index contributed by atoms with van der Waals surface area (Å²) in [7, 11) is 0. The van der Waals surface area contributed by atoms with Crippen LogP contribution in [0.1, 0.15) is 65.2 Å². The van der Waals surface area contributed by atoms with Crippen molar-refractivity contribution in [3.05, 3.63) is 0 Å². The molecule has 0 fully saturated rings. The number of hydrazine groups is 3. The zero-order valence-corrected chi connectivity index (χ0v) is 11.8. The number of nitrogens with one attached hydrogen (secondary N) is 1. The molecule has 0 aromatic carbocycles. The van der Waals surface area contributed by atoms with Crippen molar-refractivity contribution in [2.75, 3.05) is 13.1 Å². The van der Waals surface area contributed by atoms with Crippen molar-refractivity contribution in [2.24, 2.45) is 17.5 Å². The zero-order chi connectivity index (χ0) is 13.4. The Morgan fingerprint density at radius 1 is 0.824 bits per heavy atom. The Labute approximate surface area is 107 Å². The summed E-state index contributed by atoms with van der Waals surface area (Å²) in [6.45, 7) is 6.43. The highest BCUT2D eigenvalue weighted by Gasteiger charge is 1.97. The molecule has 106 valence electrons. The van der Waals surface area contributed by atoms with Crippen molar-refractivity contribution in [1.29, 1.82) is 0 Å². The van der Waals surface area contributed by atoms with E-state index in [-0.39, 0.29) is 0 Å². The fourth-order valence-electron chi connectivity index (χ4n) is 1.75. The van der Waals surface area contributed by atoms with Crippen molar-refractivity contribution < 1.29 is 0 Å². The third-order valence-electron chi connectivity index (χ3n) is 2.85. The van der Waals surface area contributed by atoms with E-state index >= 15 is 0 Å². The first-order chi connectivity index (χ1) is 8.35. The molecule has 0 amide bonds. The summed E-state index contributed by atoms with van der Waals surface area (Å²) in [4.78, 5) is 0. The van der Waals surface area contributed by atoms with Gasteiger partial charge in [0.15, 0.2) is 0 Å². The van der Waals surface area contributed by atoms with E-state index in [2.05, 4.69) is 36.1 Å². The molecule has 0 rings (SSSR count). The smallest absolute Gasteiger partial charge is 0.0144 e. The molecule has 0 bridgehead atoms. The van der Waals surface area contributed by atoms with E-state index in [9.17, 15) is 0 Å². The topological polar surface area (TPSA) is 93.3 Å². The van der Waals surface area contributed by atoms with Crippen LogP contribution in [0.25, 0.3) is 0 Å². The second kappa shape index (κ2) is 18.2. The molecular weight excluding hydrogens is 214 g/mol. The van der Waals surface area contributed by atoms with Gasteiger partial charge in [0.2, 0.25) is 0 Å². The van der Waals surface area contributed by atoms with E-state index in [1.54, 1.807) is 0 Å². The lowest BCUT2D eigenvalue weighted by molar-refractivity contribution is 0.196. The zero-order valence-electron chi connectivity index (χ0n) is 11.8. The van der Waals surface area contributed by atoms with Crippen molar-refractivity contribution in [3.8, 4) is 0 Å². The van der Waals surface area contributed by atoms with Gasteiger partial charge in [0, 0.05) is 13.1 Å². The van der Waals surface area contributed by atoms with Crippen LogP contribution in [0.2, 0.25) is 0 Å². The minimum Gasteiger partial charge on any atom is -0.274 e. The van der Waals surface area contributed by atoms with E-state index in [4.69, 9.17) is 5.84 Å². The Hall–Kier alpha value is -0.200. The van der Waals surface area contributed by atoms with E-state index < -0.39 is 0 Å². The Balaban J connectivity index is 0. The van der Waals surface area contributed by atoms with E-state index in [1.165, 1.54) is 51.4 Å². The third-order valence-corrected chi connectivity index (χ3v) is 2.85. The normalized spacial score (nSPS) is 10.2. The fraction of sp³-hybridized carbons (Fsp3) is 1.00. The summed E-state index contributed by atoms with van der Waals surface area (Å²) in [5.41, 5.74) is 2.70. The molecule has 0 aromatic heterocycles. The largest absolute Gasteiger partial charge is 0.274 e. The first-order valence-corrected chi connectivity index (χ1v) is 6.89. The highest BCUT2D eigenvalue weighted by molar-refractivity contribution is 4.49. The lowest BCUT2D eigenvalue weighted by Gasteiger charge is -2.17. The van der Waals surface area contributed by atoms with Gasteiger partial charge in [0.05, 0.1) is 0 Å². The number of rotatable bonds is 11. The molecule has 17 heavy (non-hydrogen) atoms. The molecule has 0 aliphatic carbocycles. The highest BCUT2D eigenvalue weighted by Crippen LogP contribution is 2.08. The first-order valence-electron chi connectivity index (χ1n) is 6.89. The fourth-order valence-corrected chi connectivity index (χ4v) is 1.75. The lowest BCUT2D eigenvalue weighted by atomic mass is 10.1. The van der Waals surface area contributed by atoms with E-state index in [1.807, 2.05) is 0 Å². The number of hydrogen-bond acceptors (Lipinski definition) is 5. The Bertz CT molecular complexity index is 117. The Morgan fingerprint density at radius 3 is 1.71 bits per heavy atom. The average molecular weight is 247 g/mol. The van der Waals surface area contributed by atoms with Crippen LogP contribution in [-0.2, 0) is 0 Å². The maximum absolute atomic E-state index is 5.35. The van der Waals surface area contributed by atoms with E-state index in [0.29, 0.717) is 0 Å². The number of nitrogens with zero attached hydrogens (tertiary/aromatic N) is 1. The van der Waals surface area contributed by atoms with Crippen molar-refractivity contribution in [2.45, 2.75) is 65.2 Å². The summed E-state index contributed by atoms with van der Waals surface area (Å²) in [6.07, 6.45) is 11.0. The first kappa shape index (κ1) is 19.1. The van der Waals surface area contributed by atoms with Crippen molar-refractivity contribution in [3.63, 3.8) is 0 Å². The second-order valence-electron chi connectivity index (χ2n) is 4.18. The predicted octanol–water partition coefficient (Wildman–Crippen LogP) is 1.65. The molecule has 0 aromatic rings. The summed E-state index contributed by atoms with van der Waals surface area (Å²) >= 11 is 0. The van der Waals surface area contributed by atoms with Crippen molar-refractivity contribution >= 4 is 0 Å². The number of unbranched alkanes of at least 4 members (excludes halogenated alkanes) is 7. The number of nitrogens with two attached hydrogens (primary N) is 3. The maximum Gasteiger partial charge on any atom is 0.0144 e. The van der Waals surface area contributed by atoms with Gasteiger partial charge in [0.25, 0.3) is 0 Å². The van der Waals surface area contributed by atoms with Crippen LogP contribution >= 0.6 is 0 Å². The third kappa shape index (κ3) is 15.8. The van der Waals surface area contributed by atoms with Gasteiger partial charge < -0.3 is 0 Å². The van der Waals surface area contributed by atoms with Crippen LogP contribution in [0.4, 0.5) is 0 Å². The van der Waals surface area contributed by atoms with Gasteiger partial charge in [-0.25, -0.2) is 5.01 Å². The molecule has 5 nitrogen and oxygen atoms in total. The Kier molecular flexibility index (Phi) is 20.5. The maximum atomic E-state index is 5.35. The molecule has 0 aliphatic heterocycles. The van der Waals surface area contributed by atoms with Gasteiger partial charge in [-0.1, -0.05) is 58.8 Å². The summed E-state index contributed by atoms with van der Waals surface area (Å²) < 4.78 is 0. The minimum absolute atomic E-state index is 0.979. The summed E-state index contributed by atoms with van der Waals surface area (Å²) in [6, 6.07) is 0. The van der Waals surface area contributed by atoms with Crippen LogP contribution < -0.4 is 23.1 Å². The molecule has 0 saturated carbocycles. The van der Waals surface area contributed by atoms with Crippen LogP contribution in [0.5, 0.6) is 0 Å². The molecule has 0 heterocycles. The van der Waals surface area contributed by atoms with Crippen molar-refractivity contribution in [1.82, 2.24) is 10.5 Å². The predicted molar refractivity (Wildman–Crippen MR) is 75.6 cm³/mol. The minimum atomic E-state index is 0.979. The van der Waals surface area contributed by atoms with Crippen LogP contribution in [0.3, 0.4) is 0 Å². The second-order valence-corrected chi connectivity index (χ2v) is 4.18. The SMILES string of the molecule is CCCCCCCCCCN(CC)NN.NN. The molecule has 0 saturated heterocycles. The quantitative estimate of drug-likeness (QED) is 0.253. The van der Waals surface area contributed by atoms with Gasteiger partial charge in [-0.15, -0.1) is 0 Å². The van der Waals surface area contributed by atoms with Gasteiger partial charge >= 0.3 is 0 Å². The average Bonchev–Trinajstić information content (AvgIpc) is 2.39.